The number of rotatable bonds is 4. The van der Waals surface area contributed by atoms with Crippen molar-refractivity contribution in [2.45, 2.75) is 69.9 Å². The molecule has 3 rings (SSSR count). The number of sulfonamides is 1. The van der Waals surface area contributed by atoms with Gasteiger partial charge in [-0.1, -0.05) is 19.3 Å². The molecular weight excluding hydrogens is 272 g/mol. The van der Waals surface area contributed by atoms with Gasteiger partial charge in [-0.05, 0) is 56.3 Å². The molecule has 0 saturated heterocycles. The monoisotopic (exact) mass is 300 g/mol. The lowest BCUT2D eigenvalue weighted by molar-refractivity contribution is 0.125. The Bertz CT molecular complexity index is 417. The summed E-state index contributed by atoms with van der Waals surface area (Å²) in [7, 11) is -3.11. The number of hydrogen-bond acceptors (Lipinski definition) is 3. The molecule has 4 nitrogen and oxygen atoms in total. The fourth-order valence-corrected chi connectivity index (χ4v) is 6.57. The summed E-state index contributed by atoms with van der Waals surface area (Å²) in [6.07, 6.45) is 10.1. The van der Waals surface area contributed by atoms with Gasteiger partial charge in [0.2, 0.25) is 10.0 Å². The fraction of sp³-hybridized carbons (Fsp3) is 1.00. The van der Waals surface area contributed by atoms with Gasteiger partial charge in [-0.25, -0.2) is 13.1 Å². The molecule has 0 amide bonds. The molecule has 0 spiro atoms. The standard InChI is InChI=1S/C15H28N2O2S/c16-14-8-12-6-3-7-13(9-14)15(12)17-20(18,19)10-11-4-1-2-5-11/h11-15,17H,1-10,16H2. The summed E-state index contributed by atoms with van der Waals surface area (Å²) < 4.78 is 27.9. The Morgan fingerprint density at radius 3 is 2.15 bits per heavy atom. The molecule has 0 aromatic heterocycles. The van der Waals surface area contributed by atoms with E-state index in [2.05, 4.69) is 4.72 Å². The highest BCUT2D eigenvalue weighted by atomic mass is 32.2. The molecule has 0 aromatic rings. The summed E-state index contributed by atoms with van der Waals surface area (Å²) in [5.74, 6) is 1.67. The van der Waals surface area contributed by atoms with E-state index < -0.39 is 10.0 Å². The van der Waals surface area contributed by atoms with Crippen molar-refractivity contribution in [3.8, 4) is 0 Å². The summed E-state index contributed by atoms with van der Waals surface area (Å²) in [4.78, 5) is 0. The summed E-state index contributed by atoms with van der Waals surface area (Å²) in [6, 6.07) is 0.441. The zero-order valence-electron chi connectivity index (χ0n) is 12.3. The van der Waals surface area contributed by atoms with Gasteiger partial charge in [-0.2, -0.15) is 0 Å². The highest BCUT2D eigenvalue weighted by Crippen LogP contribution is 2.40. The first-order chi connectivity index (χ1) is 9.53. The van der Waals surface area contributed by atoms with E-state index in [1.807, 2.05) is 0 Å². The van der Waals surface area contributed by atoms with Crippen molar-refractivity contribution in [2.75, 3.05) is 5.75 Å². The van der Waals surface area contributed by atoms with E-state index in [1.54, 1.807) is 0 Å². The van der Waals surface area contributed by atoms with Crippen LogP contribution in [0.4, 0.5) is 0 Å². The van der Waals surface area contributed by atoms with Crippen molar-refractivity contribution in [3.63, 3.8) is 0 Å². The quantitative estimate of drug-likeness (QED) is 0.834. The summed E-state index contributed by atoms with van der Waals surface area (Å²) in [6.45, 7) is 0. The van der Waals surface area contributed by atoms with Crippen LogP contribution in [0.5, 0.6) is 0 Å². The first-order valence-electron chi connectivity index (χ1n) is 8.29. The van der Waals surface area contributed by atoms with Gasteiger partial charge in [0.1, 0.15) is 0 Å². The Morgan fingerprint density at radius 1 is 0.950 bits per heavy atom. The first kappa shape index (κ1) is 14.8. The van der Waals surface area contributed by atoms with Crippen LogP contribution in [0, 0.1) is 17.8 Å². The Hall–Kier alpha value is -0.130. The minimum absolute atomic E-state index is 0.162. The lowest BCUT2D eigenvalue weighted by atomic mass is 9.67. The molecule has 0 heterocycles. The Labute approximate surface area is 122 Å². The van der Waals surface area contributed by atoms with E-state index in [-0.39, 0.29) is 12.1 Å². The molecular formula is C15H28N2O2S. The van der Waals surface area contributed by atoms with Gasteiger partial charge in [-0.3, -0.25) is 0 Å². The molecule has 3 aliphatic rings. The van der Waals surface area contributed by atoms with Crippen LogP contribution in [0.2, 0.25) is 0 Å². The molecule has 2 bridgehead atoms. The minimum Gasteiger partial charge on any atom is -0.328 e. The second kappa shape index (κ2) is 5.93. The van der Waals surface area contributed by atoms with Crippen molar-refractivity contribution in [1.29, 1.82) is 0 Å². The smallest absolute Gasteiger partial charge is 0.212 e. The Kier molecular flexibility index (Phi) is 4.39. The number of nitrogens with two attached hydrogens (primary N) is 1. The predicted octanol–water partition coefficient (Wildman–Crippen LogP) is 2.00. The molecule has 2 atom stereocenters. The zero-order valence-corrected chi connectivity index (χ0v) is 13.1. The van der Waals surface area contributed by atoms with E-state index in [0.29, 0.717) is 23.5 Å². The van der Waals surface area contributed by atoms with Crippen LogP contribution in [0.15, 0.2) is 0 Å². The van der Waals surface area contributed by atoms with Crippen LogP contribution in [-0.4, -0.2) is 26.3 Å². The van der Waals surface area contributed by atoms with Crippen molar-refractivity contribution >= 4 is 10.0 Å². The van der Waals surface area contributed by atoms with Crippen molar-refractivity contribution in [3.05, 3.63) is 0 Å². The molecule has 0 radical (unpaired) electrons. The van der Waals surface area contributed by atoms with E-state index >= 15 is 0 Å². The van der Waals surface area contributed by atoms with E-state index in [9.17, 15) is 8.42 Å². The largest absolute Gasteiger partial charge is 0.328 e. The Morgan fingerprint density at radius 2 is 1.55 bits per heavy atom. The maximum atomic E-state index is 12.4. The third kappa shape index (κ3) is 3.37. The van der Waals surface area contributed by atoms with Crippen molar-refractivity contribution in [1.82, 2.24) is 4.72 Å². The third-order valence-electron chi connectivity index (χ3n) is 5.62. The molecule has 2 unspecified atom stereocenters. The van der Waals surface area contributed by atoms with Gasteiger partial charge in [0.15, 0.2) is 0 Å². The van der Waals surface area contributed by atoms with Crippen LogP contribution in [0.25, 0.3) is 0 Å². The van der Waals surface area contributed by atoms with Gasteiger partial charge < -0.3 is 5.73 Å². The normalized spacial score (nSPS) is 39.0. The Balaban J connectivity index is 1.63. The van der Waals surface area contributed by atoms with Gasteiger partial charge in [-0.15, -0.1) is 0 Å². The number of fused-ring (bicyclic) bond motifs is 2. The zero-order chi connectivity index (χ0) is 14.2. The highest BCUT2D eigenvalue weighted by molar-refractivity contribution is 7.89. The van der Waals surface area contributed by atoms with Crippen molar-refractivity contribution in [2.24, 2.45) is 23.5 Å². The van der Waals surface area contributed by atoms with Crippen LogP contribution in [0.1, 0.15) is 57.8 Å². The molecule has 3 saturated carbocycles. The third-order valence-corrected chi connectivity index (χ3v) is 7.16. The van der Waals surface area contributed by atoms with Crippen LogP contribution < -0.4 is 10.5 Å². The fourth-order valence-electron chi connectivity index (χ4n) is 4.72. The van der Waals surface area contributed by atoms with Gasteiger partial charge in [0, 0.05) is 12.1 Å². The number of nitrogens with one attached hydrogen (secondary N) is 1. The summed E-state index contributed by atoms with van der Waals surface area (Å²) in [5.41, 5.74) is 6.11. The second-order valence-electron chi connectivity index (χ2n) is 7.26. The van der Waals surface area contributed by atoms with Crippen LogP contribution in [0.3, 0.4) is 0 Å². The van der Waals surface area contributed by atoms with E-state index in [1.165, 1.54) is 19.3 Å². The molecule has 0 aliphatic heterocycles. The molecule has 116 valence electrons. The summed E-state index contributed by atoms with van der Waals surface area (Å²) >= 11 is 0. The summed E-state index contributed by atoms with van der Waals surface area (Å²) in [5, 5.41) is 0. The van der Waals surface area contributed by atoms with E-state index in [4.69, 9.17) is 5.73 Å². The molecule has 3 aliphatic carbocycles. The minimum atomic E-state index is -3.11. The van der Waals surface area contributed by atoms with Gasteiger partial charge in [0.25, 0.3) is 0 Å². The predicted molar refractivity (Wildman–Crippen MR) is 80.7 cm³/mol. The van der Waals surface area contributed by atoms with Crippen LogP contribution >= 0.6 is 0 Å². The molecule has 0 aromatic carbocycles. The maximum Gasteiger partial charge on any atom is 0.212 e. The second-order valence-corrected chi connectivity index (χ2v) is 9.06. The first-order valence-corrected chi connectivity index (χ1v) is 9.94. The average Bonchev–Trinajstić information content (AvgIpc) is 2.82. The van der Waals surface area contributed by atoms with E-state index in [0.717, 1.165) is 38.5 Å². The lowest BCUT2D eigenvalue weighted by Gasteiger charge is -2.45. The van der Waals surface area contributed by atoms with Gasteiger partial charge in [0.05, 0.1) is 5.75 Å². The maximum absolute atomic E-state index is 12.4. The number of hydrogen-bond donors (Lipinski definition) is 2. The topological polar surface area (TPSA) is 72.2 Å². The van der Waals surface area contributed by atoms with Gasteiger partial charge >= 0.3 is 0 Å². The molecule has 3 N–H and O–H groups in total. The highest BCUT2D eigenvalue weighted by Gasteiger charge is 2.41. The average molecular weight is 300 g/mol. The van der Waals surface area contributed by atoms with Crippen LogP contribution in [-0.2, 0) is 10.0 Å². The molecule has 3 fully saturated rings. The molecule has 20 heavy (non-hydrogen) atoms. The van der Waals surface area contributed by atoms with Crippen molar-refractivity contribution < 1.29 is 8.42 Å². The lowest BCUT2D eigenvalue weighted by Crippen LogP contribution is -2.54. The molecule has 5 heteroatoms. The SMILES string of the molecule is NC1CC2CCCC(C1)C2NS(=O)(=O)CC1CCCC1.